The van der Waals surface area contributed by atoms with Crippen LogP contribution in [-0.4, -0.2) is 16.1 Å². The van der Waals surface area contributed by atoms with Gasteiger partial charge in [-0.15, -0.1) is 0 Å². The van der Waals surface area contributed by atoms with E-state index in [4.69, 9.17) is 5.73 Å². The minimum Gasteiger partial charge on any atom is -0.320 e. The highest BCUT2D eigenvalue weighted by atomic mass is 16.1. The van der Waals surface area contributed by atoms with E-state index in [1.807, 2.05) is 24.3 Å². The fourth-order valence-corrected chi connectivity index (χ4v) is 1.73. The first-order valence-electron chi connectivity index (χ1n) is 6.00. The van der Waals surface area contributed by atoms with Crippen molar-refractivity contribution in [1.29, 1.82) is 0 Å². The van der Waals surface area contributed by atoms with Gasteiger partial charge in [0.05, 0.1) is 19.4 Å². The van der Waals surface area contributed by atoms with Gasteiger partial charge in [0, 0.05) is 17.3 Å². The lowest BCUT2D eigenvalue weighted by Crippen LogP contribution is -2.20. The zero-order chi connectivity index (χ0) is 13.7. The summed E-state index contributed by atoms with van der Waals surface area (Å²) in [5.41, 5.74) is 7.93. The Labute approximate surface area is 111 Å². The van der Waals surface area contributed by atoms with Crippen LogP contribution in [-0.2, 0) is 6.54 Å². The van der Waals surface area contributed by atoms with Crippen molar-refractivity contribution >= 4 is 0 Å². The molecule has 0 saturated carbocycles. The van der Waals surface area contributed by atoms with E-state index in [0.717, 1.165) is 16.8 Å². The molecular weight excluding hydrogens is 238 g/mol. The van der Waals surface area contributed by atoms with Gasteiger partial charge in [-0.25, -0.2) is 4.98 Å². The van der Waals surface area contributed by atoms with E-state index in [-0.39, 0.29) is 5.56 Å². The molecule has 0 amide bonds. The van der Waals surface area contributed by atoms with Gasteiger partial charge >= 0.3 is 0 Å². The Morgan fingerprint density at radius 1 is 1.37 bits per heavy atom. The number of aryl methyl sites for hydroxylation is 1. The van der Waals surface area contributed by atoms with Crippen molar-refractivity contribution < 1.29 is 0 Å². The summed E-state index contributed by atoms with van der Waals surface area (Å²) in [5, 5.41) is 0. The molecule has 4 heteroatoms. The van der Waals surface area contributed by atoms with Gasteiger partial charge in [-0.2, -0.15) is 0 Å². The lowest BCUT2D eigenvalue weighted by Gasteiger charge is -2.05. The van der Waals surface area contributed by atoms with Crippen LogP contribution in [0.1, 0.15) is 16.8 Å². The zero-order valence-corrected chi connectivity index (χ0v) is 10.8. The number of nitrogens with two attached hydrogens (primary N) is 1. The number of nitrogens with zero attached hydrogens (tertiary/aromatic N) is 2. The van der Waals surface area contributed by atoms with Crippen molar-refractivity contribution in [2.24, 2.45) is 5.73 Å². The summed E-state index contributed by atoms with van der Waals surface area (Å²) in [7, 11) is 0. The van der Waals surface area contributed by atoms with Crippen molar-refractivity contribution in [2.45, 2.75) is 13.5 Å². The molecule has 0 aliphatic carbocycles. The molecule has 0 spiro atoms. The van der Waals surface area contributed by atoms with Crippen LogP contribution in [0.2, 0.25) is 0 Å². The smallest absolute Gasteiger partial charge is 0.253 e. The third-order valence-corrected chi connectivity index (χ3v) is 2.63. The van der Waals surface area contributed by atoms with Crippen molar-refractivity contribution in [2.75, 3.05) is 6.54 Å². The van der Waals surface area contributed by atoms with E-state index in [0.29, 0.717) is 13.1 Å². The molecule has 0 saturated heterocycles. The van der Waals surface area contributed by atoms with Crippen LogP contribution in [0.15, 0.2) is 41.5 Å². The lowest BCUT2D eigenvalue weighted by molar-refractivity contribution is 0.730. The quantitative estimate of drug-likeness (QED) is 0.809. The van der Waals surface area contributed by atoms with Crippen molar-refractivity contribution in [3.05, 3.63) is 63.8 Å². The van der Waals surface area contributed by atoms with E-state index in [9.17, 15) is 4.79 Å². The Kier molecular flexibility index (Phi) is 4.11. The number of rotatable bonds is 2. The fourth-order valence-electron chi connectivity index (χ4n) is 1.73. The number of aromatic nitrogens is 2. The molecule has 0 fully saturated rings. The van der Waals surface area contributed by atoms with Gasteiger partial charge in [0.25, 0.3) is 5.56 Å². The van der Waals surface area contributed by atoms with Crippen LogP contribution in [0.5, 0.6) is 0 Å². The van der Waals surface area contributed by atoms with E-state index >= 15 is 0 Å². The molecule has 4 nitrogen and oxygen atoms in total. The highest BCUT2D eigenvalue weighted by Crippen LogP contribution is 2.05. The summed E-state index contributed by atoms with van der Waals surface area (Å²) in [4.78, 5) is 15.9. The van der Waals surface area contributed by atoms with Crippen molar-refractivity contribution in [3.63, 3.8) is 0 Å². The first kappa shape index (κ1) is 13.1. The Morgan fingerprint density at radius 2 is 2.21 bits per heavy atom. The molecule has 0 radical (unpaired) electrons. The molecule has 2 aromatic rings. The van der Waals surface area contributed by atoms with Gasteiger partial charge in [-0.05, 0) is 24.6 Å². The highest BCUT2D eigenvalue weighted by molar-refractivity contribution is 5.37. The first-order chi connectivity index (χ1) is 9.19. The van der Waals surface area contributed by atoms with Gasteiger partial charge in [0.1, 0.15) is 0 Å². The maximum atomic E-state index is 11.8. The Morgan fingerprint density at radius 3 is 2.95 bits per heavy atom. The summed E-state index contributed by atoms with van der Waals surface area (Å²) in [6, 6.07) is 9.28. The topological polar surface area (TPSA) is 60.9 Å². The molecule has 1 aromatic carbocycles. The molecular formula is C15H15N3O. The van der Waals surface area contributed by atoms with E-state index in [1.54, 1.807) is 17.8 Å². The molecule has 19 heavy (non-hydrogen) atoms. The minimum atomic E-state index is -0.0501. The van der Waals surface area contributed by atoms with Crippen LogP contribution < -0.4 is 11.3 Å². The van der Waals surface area contributed by atoms with Gasteiger partial charge in [0.2, 0.25) is 0 Å². The summed E-state index contributed by atoms with van der Waals surface area (Å²) in [6.45, 7) is 2.63. The monoisotopic (exact) mass is 253 g/mol. The van der Waals surface area contributed by atoms with E-state index < -0.39 is 0 Å². The second-order valence-electron chi connectivity index (χ2n) is 4.20. The van der Waals surface area contributed by atoms with Gasteiger partial charge in [-0.3, -0.25) is 9.36 Å². The second kappa shape index (κ2) is 5.98. The van der Waals surface area contributed by atoms with E-state index in [1.165, 1.54) is 6.07 Å². The molecule has 0 aliphatic rings. The van der Waals surface area contributed by atoms with Crippen LogP contribution in [0.3, 0.4) is 0 Å². The van der Waals surface area contributed by atoms with Crippen LogP contribution in [0.25, 0.3) is 0 Å². The molecule has 2 N–H and O–H groups in total. The standard InChI is InChI=1S/C15H15N3O/c1-12-8-15(19)18(11-17-12)10-14-5-2-4-13(9-14)6-3-7-16/h2,4-5,8-9,11H,7,10,16H2,1H3. The molecule has 0 unspecified atom stereocenters. The highest BCUT2D eigenvalue weighted by Gasteiger charge is 1.99. The number of benzene rings is 1. The Balaban J connectivity index is 2.26. The Bertz CT molecular complexity index is 692. The normalized spacial score (nSPS) is 9.79. The largest absolute Gasteiger partial charge is 0.320 e. The van der Waals surface area contributed by atoms with Crippen LogP contribution in [0.4, 0.5) is 0 Å². The van der Waals surface area contributed by atoms with Crippen molar-refractivity contribution in [1.82, 2.24) is 9.55 Å². The van der Waals surface area contributed by atoms with E-state index in [2.05, 4.69) is 16.8 Å². The predicted octanol–water partition coefficient (Wildman–Crippen LogP) is 0.910. The average Bonchev–Trinajstić information content (AvgIpc) is 2.40. The molecule has 1 aromatic heterocycles. The number of hydrogen-bond donors (Lipinski definition) is 1. The third kappa shape index (κ3) is 3.54. The predicted molar refractivity (Wildman–Crippen MR) is 74.7 cm³/mol. The maximum Gasteiger partial charge on any atom is 0.253 e. The SMILES string of the molecule is Cc1cc(=O)n(Cc2cccc(C#CCN)c2)cn1. The molecule has 96 valence electrons. The Hall–Kier alpha value is -2.38. The second-order valence-corrected chi connectivity index (χ2v) is 4.20. The van der Waals surface area contributed by atoms with Crippen LogP contribution >= 0.6 is 0 Å². The lowest BCUT2D eigenvalue weighted by atomic mass is 10.1. The average molecular weight is 253 g/mol. The maximum absolute atomic E-state index is 11.8. The van der Waals surface area contributed by atoms with Gasteiger partial charge < -0.3 is 5.73 Å². The summed E-state index contributed by atoms with van der Waals surface area (Å²) in [6.07, 6.45) is 1.57. The molecule has 0 atom stereocenters. The summed E-state index contributed by atoms with van der Waals surface area (Å²) >= 11 is 0. The zero-order valence-electron chi connectivity index (χ0n) is 10.8. The molecule has 0 bridgehead atoms. The summed E-state index contributed by atoms with van der Waals surface area (Å²) in [5.74, 6) is 5.79. The van der Waals surface area contributed by atoms with Gasteiger partial charge in [0.15, 0.2) is 0 Å². The fraction of sp³-hybridized carbons (Fsp3) is 0.200. The number of hydrogen-bond acceptors (Lipinski definition) is 3. The minimum absolute atomic E-state index is 0.0501. The van der Waals surface area contributed by atoms with Gasteiger partial charge in [-0.1, -0.05) is 24.0 Å². The third-order valence-electron chi connectivity index (χ3n) is 2.63. The van der Waals surface area contributed by atoms with Crippen molar-refractivity contribution in [3.8, 4) is 11.8 Å². The molecule has 2 rings (SSSR count). The molecule has 1 heterocycles. The molecule has 0 aliphatic heterocycles. The first-order valence-corrected chi connectivity index (χ1v) is 6.00. The summed E-state index contributed by atoms with van der Waals surface area (Å²) < 4.78 is 1.57. The van der Waals surface area contributed by atoms with Crippen LogP contribution in [0, 0.1) is 18.8 Å².